The number of hydrogen-bond acceptors (Lipinski definition) is 4. The Balaban J connectivity index is 2.18. The Hall–Kier alpha value is -1.94. The molecule has 1 aromatic carbocycles. The molecule has 0 heterocycles. The third kappa shape index (κ3) is 3.93. The van der Waals surface area contributed by atoms with E-state index in [9.17, 15) is 19.5 Å². The Morgan fingerprint density at radius 3 is 2.00 bits per heavy atom. The van der Waals surface area contributed by atoms with E-state index in [1.54, 1.807) is 24.3 Å². The predicted molar refractivity (Wildman–Crippen MR) is 108 cm³/mol. The zero-order valence-electron chi connectivity index (χ0n) is 16.8. The number of aliphatic hydroxyl groups is 1. The molecular weight excluding hydrogens is 376 g/mol. The summed E-state index contributed by atoms with van der Waals surface area (Å²) in [6.07, 6.45) is 1.11. The maximum Gasteiger partial charge on any atom is 0.163 e. The number of Topliss-reactive ketones (excluding diaryl/α,β-unsaturated/α-hetero) is 3. The van der Waals surface area contributed by atoms with Crippen molar-refractivity contribution >= 4 is 29.0 Å². The lowest BCUT2D eigenvalue weighted by atomic mass is 9.62. The maximum atomic E-state index is 13.1. The molecule has 0 spiro atoms. The van der Waals surface area contributed by atoms with E-state index in [-0.39, 0.29) is 53.4 Å². The predicted octanol–water partition coefficient (Wildman–Crippen LogP) is 5.20. The van der Waals surface area contributed by atoms with Crippen molar-refractivity contribution in [2.24, 2.45) is 16.7 Å². The van der Waals surface area contributed by atoms with Crippen LogP contribution in [-0.4, -0.2) is 22.5 Å². The summed E-state index contributed by atoms with van der Waals surface area (Å²) in [5, 5.41) is 11.2. The number of hydrogen-bond donors (Lipinski definition) is 1. The molecule has 28 heavy (non-hydrogen) atoms. The van der Waals surface area contributed by atoms with Crippen molar-refractivity contribution < 1.29 is 19.5 Å². The molecule has 0 unspecified atom stereocenters. The van der Waals surface area contributed by atoms with E-state index in [1.165, 1.54) is 0 Å². The number of carbonyl (C=O) groups excluding carboxylic acids is 3. The van der Waals surface area contributed by atoms with Crippen LogP contribution in [0.3, 0.4) is 0 Å². The van der Waals surface area contributed by atoms with Gasteiger partial charge < -0.3 is 5.11 Å². The van der Waals surface area contributed by atoms with Gasteiger partial charge >= 0.3 is 0 Å². The number of aliphatic hydroxyl groups excluding tert-OH is 1. The van der Waals surface area contributed by atoms with Crippen molar-refractivity contribution in [3.05, 3.63) is 46.2 Å². The van der Waals surface area contributed by atoms with Crippen LogP contribution in [0, 0.1) is 16.7 Å². The van der Waals surface area contributed by atoms with E-state index >= 15 is 0 Å². The van der Waals surface area contributed by atoms with Gasteiger partial charge in [-0.15, -0.1) is 0 Å². The molecule has 5 heteroatoms. The minimum atomic E-state index is -0.991. The molecule has 0 saturated heterocycles. The van der Waals surface area contributed by atoms with Gasteiger partial charge in [-0.25, -0.2) is 0 Å². The van der Waals surface area contributed by atoms with Gasteiger partial charge in [-0.1, -0.05) is 57.5 Å². The average molecular weight is 403 g/mol. The van der Waals surface area contributed by atoms with E-state index in [0.717, 1.165) is 0 Å². The first-order valence-corrected chi connectivity index (χ1v) is 10.0. The molecule has 1 aromatic rings. The minimum absolute atomic E-state index is 0.0309. The number of halogens is 1. The number of ketones is 3. The highest BCUT2D eigenvalue weighted by atomic mass is 35.5. The molecule has 0 radical (unpaired) electrons. The topological polar surface area (TPSA) is 71.4 Å². The molecule has 3 rings (SSSR count). The number of allylic oxidation sites excluding steroid dienone is 2. The van der Waals surface area contributed by atoms with Crippen molar-refractivity contribution in [3.8, 4) is 0 Å². The van der Waals surface area contributed by atoms with Crippen molar-refractivity contribution in [2.45, 2.75) is 59.3 Å². The molecule has 1 saturated carbocycles. The summed E-state index contributed by atoms with van der Waals surface area (Å²) < 4.78 is 0. The Kier molecular flexibility index (Phi) is 5.30. The van der Waals surface area contributed by atoms with Crippen LogP contribution in [-0.2, 0) is 14.4 Å². The van der Waals surface area contributed by atoms with Crippen molar-refractivity contribution in [2.75, 3.05) is 0 Å². The third-order valence-corrected chi connectivity index (χ3v) is 6.12. The quantitative estimate of drug-likeness (QED) is 0.705. The Bertz CT molecular complexity index is 858. The van der Waals surface area contributed by atoms with Crippen LogP contribution < -0.4 is 0 Å². The first-order chi connectivity index (χ1) is 12.9. The third-order valence-electron chi connectivity index (χ3n) is 5.78. The molecular formula is C23H27ClO4. The molecule has 1 N–H and O–H groups in total. The summed E-state index contributed by atoms with van der Waals surface area (Å²) in [7, 11) is 0. The molecule has 2 aliphatic rings. The summed E-state index contributed by atoms with van der Waals surface area (Å²) in [4.78, 5) is 39.1. The zero-order chi connectivity index (χ0) is 20.9. The van der Waals surface area contributed by atoms with Crippen LogP contribution in [0.5, 0.6) is 0 Å². The van der Waals surface area contributed by atoms with Crippen LogP contribution >= 0.6 is 11.6 Å². The number of rotatable bonds is 3. The fraction of sp³-hybridized carbons (Fsp3) is 0.522. The zero-order valence-corrected chi connectivity index (χ0v) is 17.6. The first kappa shape index (κ1) is 20.8. The van der Waals surface area contributed by atoms with Gasteiger partial charge in [0, 0.05) is 42.2 Å². The molecule has 0 bridgehead atoms. The van der Waals surface area contributed by atoms with Gasteiger partial charge in [-0.2, -0.15) is 0 Å². The number of benzene rings is 1. The van der Waals surface area contributed by atoms with Gasteiger partial charge in [0.05, 0.1) is 5.92 Å². The summed E-state index contributed by atoms with van der Waals surface area (Å²) in [6.45, 7) is 7.63. The minimum Gasteiger partial charge on any atom is -0.512 e. The van der Waals surface area contributed by atoms with Gasteiger partial charge in [0.1, 0.15) is 17.3 Å². The molecule has 0 aromatic heterocycles. The van der Waals surface area contributed by atoms with Gasteiger partial charge in [0.2, 0.25) is 0 Å². The highest BCUT2D eigenvalue weighted by Gasteiger charge is 2.48. The maximum absolute atomic E-state index is 13.1. The van der Waals surface area contributed by atoms with Crippen LogP contribution in [0.15, 0.2) is 35.6 Å². The lowest BCUT2D eigenvalue weighted by Gasteiger charge is -2.39. The molecule has 1 fully saturated rings. The van der Waals surface area contributed by atoms with Crippen molar-refractivity contribution in [1.29, 1.82) is 0 Å². The smallest absolute Gasteiger partial charge is 0.163 e. The summed E-state index contributed by atoms with van der Waals surface area (Å²) in [5.41, 5.74) is -0.0350. The van der Waals surface area contributed by atoms with E-state index in [2.05, 4.69) is 0 Å². The second-order valence-electron chi connectivity index (χ2n) is 9.73. The van der Waals surface area contributed by atoms with Crippen molar-refractivity contribution in [3.63, 3.8) is 0 Å². The Labute approximate surface area is 171 Å². The van der Waals surface area contributed by atoms with Crippen LogP contribution in [0.25, 0.3) is 0 Å². The number of carbonyl (C=O) groups is 3. The summed E-state index contributed by atoms with van der Waals surface area (Å²) >= 11 is 6.42. The van der Waals surface area contributed by atoms with Gasteiger partial charge in [0.15, 0.2) is 5.78 Å². The highest BCUT2D eigenvalue weighted by molar-refractivity contribution is 6.31. The van der Waals surface area contributed by atoms with Gasteiger partial charge in [-0.3, -0.25) is 14.4 Å². The summed E-state index contributed by atoms with van der Waals surface area (Å²) in [5.74, 6) is -2.46. The normalized spacial score (nSPS) is 23.8. The van der Waals surface area contributed by atoms with E-state index < -0.39 is 17.3 Å². The second kappa shape index (κ2) is 7.14. The van der Waals surface area contributed by atoms with Crippen molar-refractivity contribution in [1.82, 2.24) is 0 Å². The lowest BCUT2D eigenvalue weighted by Crippen LogP contribution is -2.43. The van der Waals surface area contributed by atoms with Gasteiger partial charge in [-0.05, 0) is 22.5 Å². The van der Waals surface area contributed by atoms with Crippen LogP contribution in [0.4, 0.5) is 0 Å². The molecule has 4 nitrogen and oxygen atoms in total. The SMILES string of the molecule is CC1(C)CC(=O)C([C@H](C2=C(O)CC(C)(C)CC2=O)c2ccccc2Cl)C(=O)C1. The monoisotopic (exact) mass is 402 g/mol. The molecule has 0 amide bonds. The second-order valence-corrected chi connectivity index (χ2v) is 10.1. The largest absolute Gasteiger partial charge is 0.512 e. The fourth-order valence-electron chi connectivity index (χ4n) is 4.66. The van der Waals surface area contributed by atoms with E-state index in [0.29, 0.717) is 17.0 Å². The first-order valence-electron chi connectivity index (χ1n) is 9.67. The fourth-order valence-corrected chi connectivity index (χ4v) is 4.91. The van der Waals surface area contributed by atoms with Crippen LogP contribution in [0.1, 0.15) is 64.9 Å². The van der Waals surface area contributed by atoms with E-state index in [4.69, 9.17) is 11.6 Å². The van der Waals surface area contributed by atoms with Crippen LogP contribution in [0.2, 0.25) is 5.02 Å². The van der Waals surface area contributed by atoms with Gasteiger partial charge in [0.25, 0.3) is 0 Å². The molecule has 0 aliphatic heterocycles. The lowest BCUT2D eigenvalue weighted by molar-refractivity contribution is -0.140. The highest BCUT2D eigenvalue weighted by Crippen LogP contribution is 2.48. The molecule has 1 atom stereocenters. The average Bonchev–Trinajstić information content (AvgIpc) is 2.50. The molecule has 150 valence electrons. The Morgan fingerprint density at radius 2 is 1.46 bits per heavy atom. The Morgan fingerprint density at radius 1 is 0.929 bits per heavy atom. The standard InChI is InChI=1S/C23H27ClO4/c1-22(2)9-15(25)20(16(26)10-22)19(13-7-5-6-8-14(13)24)21-17(27)11-23(3,4)12-18(21)28/h5-8,19-20,27H,9-12H2,1-4H3/t19-/m1/s1. The van der Waals surface area contributed by atoms with E-state index in [1.807, 2.05) is 27.7 Å². The molecule has 2 aliphatic carbocycles. The summed E-state index contributed by atoms with van der Waals surface area (Å²) in [6, 6.07) is 6.95.